The molecule has 14 nitrogen and oxygen atoms in total. The number of primary amides is 1. The number of carbonyl (C=O) groups excluding carboxylic acids is 1. The summed E-state index contributed by atoms with van der Waals surface area (Å²) < 4.78 is 14.1. The number of hydrogen-bond acceptors (Lipinski definition) is 11. The molecule has 1 saturated carbocycles. The molecule has 46 heavy (non-hydrogen) atoms. The lowest BCUT2D eigenvalue weighted by molar-refractivity contribution is -0.427. The van der Waals surface area contributed by atoms with E-state index in [4.69, 9.17) is 19.9 Å². The van der Waals surface area contributed by atoms with Crippen molar-refractivity contribution in [1.29, 1.82) is 0 Å². The summed E-state index contributed by atoms with van der Waals surface area (Å²) in [7, 11) is 0. The molecule has 6 aromatic rings. The average Bonchev–Trinajstić information content (AvgIpc) is 3.83. The first-order valence-electron chi connectivity index (χ1n) is 15.4. The number of amides is 1. The van der Waals surface area contributed by atoms with Gasteiger partial charge in [0.2, 0.25) is 11.4 Å². The number of quaternary nitrogens is 1. The third-order valence-corrected chi connectivity index (χ3v) is 10.0. The van der Waals surface area contributed by atoms with Gasteiger partial charge < -0.3 is 30.8 Å². The summed E-state index contributed by atoms with van der Waals surface area (Å²) >= 11 is 1.36. The van der Waals surface area contributed by atoms with E-state index in [1.54, 1.807) is 16.7 Å². The lowest BCUT2D eigenvalue weighted by Gasteiger charge is -2.27. The van der Waals surface area contributed by atoms with E-state index < -0.39 is 5.91 Å². The maximum absolute atomic E-state index is 13.1. The molecule has 6 heterocycles. The molecule has 8 rings (SSSR count). The van der Waals surface area contributed by atoms with Gasteiger partial charge >= 0.3 is 0 Å². The number of ether oxygens (including phenoxy) is 1. The molecule has 236 valence electrons. The molecule has 2 aliphatic rings. The number of nitrogens with two attached hydrogens (primary N) is 1. The van der Waals surface area contributed by atoms with Crippen molar-refractivity contribution in [1.82, 2.24) is 29.8 Å². The maximum atomic E-state index is 13.1. The number of nitrogens with one attached hydrogen (secondary N) is 2. The molecule has 15 heteroatoms. The minimum Gasteiger partial charge on any atom is -0.439 e. The Morgan fingerprint density at radius 3 is 2.87 bits per heavy atom. The molecule has 5 aromatic heterocycles. The van der Waals surface area contributed by atoms with Crippen LogP contribution < -0.4 is 27.1 Å². The number of morpholine rings is 1. The van der Waals surface area contributed by atoms with Gasteiger partial charge in [-0.3, -0.25) is 19.1 Å². The van der Waals surface area contributed by atoms with E-state index >= 15 is 0 Å². The van der Waals surface area contributed by atoms with Crippen molar-refractivity contribution >= 4 is 55.9 Å². The number of H-pyrrole nitrogens is 1. The number of fused-ring (bicyclic) bond motifs is 3. The summed E-state index contributed by atoms with van der Waals surface area (Å²) in [5.41, 5.74) is 15.1. The van der Waals surface area contributed by atoms with Gasteiger partial charge in [0.1, 0.15) is 22.6 Å². The Labute approximate surface area is 265 Å². The van der Waals surface area contributed by atoms with Gasteiger partial charge in [-0.25, -0.2) is 4.98 Å². The number of thiophene rings is 1. The van der Waals surface area contributed by atoms with E-state index in [-0.39, 0.29) is 29.5 Å². The van der Waals surface area contributed by atoms with Crippen molar-refractivity contribution in [3.8, 4) is 11.1 Å². The molecule has 0 unspecified atom stereocenters. The van der Waals surface area contributed by atoms with Crippen LogP contribution in [0.25, 0.3) is 38.0 Å². The number of aromatic nitrogens is 6. The highest BCUT2D eigenvalue weighted by atomic mass is 32.1. The van der Waals surface area contributed by atoms with E-state index in [0.29, 0.717) is 59.8 Å². The van der Waals surface area contributed by atoms with Gasteiger partial charge in [0.05, 0.1) is 36.7 Å². The topological polar surface area (TPSA) is 197 Å². The van der Waals surface area contributed by atoms with Gasteiger partial charge in [0.25, 0.3) is 5.91 Å². The Balaban J connectivity index is 1.24. The number of carbonyl (C=O) groups is 1. The quantitative estimate of drug-likeness (QED) is 0.201. The van der Waals surface area contributed by atoms with E-state index in [9.17, 15) is 9.59 Å². The zero-order valence-electron chi connectivity index (χ0n) is 25.0. The summed E-state index contributed by atoms with van der Waals surface area (Å²) in [5.74, 6) is 0.432. The predicted octanol–water partition coefficient (Wildman–Crippen LogP) is 2.33. The lowest BCUT2D eigenvalue weighted by Crippen LogP contribution is -2.68. The zero-order chi connectivity index (χ0) is 31.4. The molecule has 2 atom stereocenters. The van der Waals surface area contributed by atoms with Crippen LogP contribution >= 0.6 is 11.3 Å². The molecular formula is C31H33N10O4S+. The van der Waals surface area contributed by atoms with Crippen molar-refractivity contribution in [2.75, 3.05) is 36.5 Å². The van der Waals surface area contributed by atoms with E-state index in [1.165, 1.54) is 17.7 Å². The predicted molar refractivity (Wildman–Crippen MR) is 173 cm³/mol. The second-order valence-corrected chi connectivity index (χ2v) is 12.8. The third-order valence-electron chi connectivity index (χ3n) is 9.05. The van der Waals surface area contributed by atoms with Crippen molar-refractivity contribution in [3.05, 3.63) is 63.1 Å². The van der Waals surface area contributed by atoms with Gasteiger partial charge in [-0.2, -0.15) is 5.10 Å². The van der Waals surface area contributed by atoms with Crippen LogP contribution in [0.2, 0.25) is 0 Å². The normalized spacial score (nSPS) is 18.9. The van der Waals surface area contributed by atoms with Crippen LogP contribution in [0.1, 0.15) is 47.3 Å². The number of hydrogen-bond donors (Lipinski definition) is 4. The number of anilines is 2. The summed E-state index contributed by atoms with van der Waals surface area (Å²) in [5, 5.41) is 22.1. The Morgan fingerprint density at radius 2 is 2.04 bits per heavy atom. The van der Waals surface area contributed by atoms with Gasteiger partial charge in [0.15, 0.2) is 17.1 Å². The standard InChI is InChI=1S/C31H32N10O4S/c32-20-3-1-2-4-21(20)36-31-37-22(25(29(33)43)30-39-35-15-41(30)31)11-17-9-16(10-18-13-34-38-26(17)18)19-14-46-28-23(42)12-24(45-27(19)28)40-5-7-44-8-6-40/h9-10,12-15,20-21H,1-8,11,32H2,(H2,33,43)(H,34,38)(H,36,37)/p+1/t20-,21+/m1/s1. The van der Waals surface area contributed by atoms with Crippen LogP contribution in [-0.4, -0.2) is 74.1 Å². The highest BCUT2D eigenvalue weighted by molar-refractivity contribution is 7.17. The Morgan fingerprint density at radius 1 is 1.20 bits per heavy atom. The molecule has 0 bridgehead atoms. The first-order chi connectivity index (χ1) is 22.4. The first kappa shape index (κ1) is 28.6. The van der Waals surface area contributed by atoms with Crippen molar-refractivity contribution < 1.29 is 19.7 Å². The highest BCUT2D eigenvalue weighted by Gasteiger charge is 2.28. The summed E-state index contributed by atoms with van der Waals surface area (Å²) in [6, 6.07) is 5.95. The van der Waals surface area contributed by atoms with Crippen LogP contribution in [0.5, 0.6) is 0 Å². The molecule has 1 aliphatic heterocycles. The third kappa shape index (κ3) is 4.96. The van der Waals surface area contributed by atoms with Gasteiger partial charge in [-0.1, -0.05) is 6.42 Å². The number of benzene rings is 1. The van der Waals surface area contributed by atoms with Gasteiger partial charge in [-0.05, 0) is 36.1 Å². The molecule has 1 aromatic carbocycles. The van der Waals surface area contributed by atoms with Crippen molar-refractivity contribution in [3.63, 3.8) is 0 Å². The minimum atomic E-state index is -0.641. The van der Waals surface area contributed by atoms with Crippen LogP contribution in [0, 0.1) is 0 Å². The second-order valence-electron chi connectivity index (χ2n) is 11.9. The number of rotatable bonds is 7. The molecule has 1 aliphatic carbocycles. The molecule has 2 fully saturated rings. The van der Waals surface area contributed by atoms with Gasteiger partial charge in [-0.15, -0.1) is 21.5 Å². The molecule has 0 spiro atoms. The fourth-order valence-electron chi connectivity index (χ4n) is 6.65. The number of nitrogens with zero attached hydrogens (tertiary/aromatic N) is 6. The first-order valence-corrected chi connectivity index (χ1v) is 16.3. The molecule has 7 N–H and O–H groups in total. The molecule has 0 radical (unpaired) electrons. The van der Waals surface area contributed by atoms with Crippen LogP contribution in [0.4, 0.5) is 11.8 Å². The van der Waals surface area contributed by atoms with Gasteiger partial charge in [0, 0.05) is 48.3 Å². The fourth-order valence-corrected chi connectivity index (χ4v) is 7.56. The molecule has 1 amide bonds. The van der Waals surface area contributed by atoms with Crippen molar-refractivity contribution in [2.24, 2.45) is 5.73 Å². The van der Waals surface area contributed by atoms with E-state index in [2.05, 4.69) is 31.4 Å². The highest BCUT2D eigenvalue weighted by Crippen LogP contribution is 2.37. The lowest BCUT2D eigenvalue weighted by atomic mass is 9.91. The van der Waals surface area contributed by atoms with E-state index in [0.717, 1.165) is 53.3 Å². The Hall–Kier alpha value is -4.86. The Bertz CT molecular complexity index is 2160. The average molecular weight is 642 g/mol. The monoisotopic (exact) mass is 641 g/mol. The van der Waals surface area contributed by atoms with Crippen LogP contribution in [0.3, 0.4) is 0 Å². The minimum absolute atomic E-state index is 0.0805. The van der Waals surface area contributed by atoms with Crippen molar-refractivity contribution in [2.45, 2.75) is 44.2 Å². The van der Waals surface area contributed by atoms with Crippen LogP contribution in [-0.2, 0) is 11.2 Å². The fraction of sp³-hybridized carbons (Fsp3) is 0.355. The second kappa shape index (κ2) is 11.5. The smallest absolute Gasteiger partial charge is 0.254 e. The maximum Gasteiger partial charge on any atom is 0.254 e. The summed E-state index contributed by atoms with van der Waals surface area (Å²) in [6.45, 7) is 2.46. The molecule has 1 saturated heterocycles. The summed E-state index contributed by atoms with van der Waals surface area (Å²) in [4.78, 5) is 33.0. The Kier molecular flexibility index (Phi) is 7.15. The SMILES string of the molecule is NC(=O)c1c(Cc2cc(-c3csc4c(=O)cc(N5CCOCC5)oc34)cc3cn[nH]c23)nc(N[C@H]2CCCC[C@H]2[NH3+])n2cnnc12. The molecular weight excluding hydrogens is 608 g/mol. The number of aromatic amines is 1. The summed E-state index contributed by atoms with van der Waals surface area (Å²) in [6.07, 6.45) is 7.81. The van der Waals surface area contributed by atoms with E-state index in [1.807, 2.05) is 22.4 Å². The van der Waals surface area contributed by atoms with Crippen LogP contribution in [0.15, 0.2) is 45.3 Å². The zero-order valence-corrected chi connectivity index (χ0v) is 25.8. The largest absolute Gasteiger partial charge is 0.439 e.